The summed E-state index contributed by atoms with van der Waals surface area (Å²) < 4.78 is 30.4. The Morgan fingerprint density at radius 1 is 1.20 bits per heavy atom. The van der Waals surface area contributed by atoms with Crippen molar-refractivity contribution in [3.8, 4) is 0 Å². The highest BCUT2D eigenvalue weighted by Gasteiger charge is 2.44. The Labute approximate surface area is 146 Å². The zero-order chi connectivity index (χ0) is 17.5. The number of benzene rings is 2. The molecule has 0 fully saturated rings. The summed E-state index contributed by atoms with van der Waals surface area (Å²) in [5.74, 6) is -0.575. The summed E-state index contributed by atoms with van der Waals surface area (Å²) in [5.41, 5.74) is 1.81. The molecule has 2 aliphatic rings. The van der Waals surface area contributed by atoms with Gasteiger partial charge in [-0.25, -0.2) is 13.8 Å². The number of halogens is 3. The van der Waals surface area contributed by atoms with Gasteiger partial charge in [-0.05, 0) is 18.2 Å². The standard InChI is InChI=1S/C18H12ClF2N3O/c1-23-15-7-14(16-8(18(23)25)3-2-4-10(16)20)24-13-5-9(19)11(21)6-12(13)22-17(15)24/h2-6,14-15H,7H2,1H3/t14-,15?/m0/s1. The fourth-order valence-corrected chi connectivity index (χ4v) is 4.22. The lowest BCUT2D eigenvalue weighted by Gasteiger charge is -2.23. The third-order valence-corrected chi connectivity index (χ3v) is 5.51. The van der Waals surface area contributed by atoms with E-state index in [-0.39, 0.29) is 23.0 Å². The van der Waals surface area contributed by atoms with Crippen LogP contribution in [0.3, 0.4) is 0 Å². The van der Waals surface area contributed by atoms with Crippen LogP contribution in [0.4, 0.5) is 8.78 Å². The number of amides is 1. The summed E-state index contributed by atoms with van der Waals surface area (Å²) in [4.78, 5) is 18.9. The Morgan fingerprint density at radius 2 is 2.00 bits per heavy atom. The largest absolute Gasteiger partial charge is 0.331 e. The number of nitrogens with zero attached hydrogens (tertiary/aromatic N) is 3. The van der Waals surface area contributed by atoms with E-state index >= 15 is 0 Å². The molecule has 1 amide bonds. The molecule has 126 valence electrons. The van der Waals surface area contributed by atoms with Crippen molar-refractivity contribution in [1.29, 1.82) is 0 Å². The highest BCUT2D eigenvalue weighted by Crippen LogP contribution is 2.48. The van der Waals surface area contributed by atoms with Crippen LogP contribution < -0.4 is 0 Å². The second kappa shape index (κ2) is 4.79. The second-order valence-electron chi connectivity index (χ2n) is 6.48. The van der Waals surface area contributed by atoms with Crippen LogP contribution in [0, 0.1) is 11.6 Å². The minimum absolute atomic E-state index is 0.00681. The van der Waals surface area contributed by atoms with Crippen molar-refractivity contribution in [2.24, 2.45) is 0 Å². The van der Waals surface area contributed by atoms with Crippen LogP contribution in [0.5, 0.6) is 0 Å². The number of carbonyl (C=O) groups is 1. The summed E-state index contributed by atoms with van der Waals surface area (Å²) >= 11 is 5.95. The van der Waals surface area contributed by atoms with E-state index in [1.165, 1.54) is 24.3 Å². The zero-order valence-electron chi connectivity index (χ0n) is 13.1. The molecule has 4 nitrogen and oxygen atoms in total. The lowest BCUT2D eigenvalue weighted by molar-refractivity contribution is 0.0734. The third-order valence-electron chi connectivity index (χ3n) is 5.22. The molecule has 0 saturated heterocycles. The number of hydrogen-bond donors (Lipinski definition) is 0. The van der Waals surface area contributed by atoms with Gasteiger partial charge in [0.15, 0.2) is 0 Å². The van der Waals surface area contributed by atoms with Gasteiger partial charge in [0.05, 0.1) is 28.1 Å². The topological polar surface area (TPSA) is 38.1 Å². The van der Waals surface area contributed by atoms with Crippen molar-refractivity contribution in [3.05, 3.63) is 63.9 Å². The highest BCUT2D eigenvalue weighted by atomic mass is 35.5. The summed E-state index contributed by atoms with van der Waals surface area (Å²) in [6, 6.07) is 6.66. The molecule has 5 rings (SSSR count). The molecular weight excluding hydrogens is 348 g/mol. The van der Waals surface area contributed by atoms with Crippen LogP contribution in [0.2, 0.25) is 5.02 Å². The Balaban J connectivity index is 1.88. The summed E-state index contributed by atoms with van der Waals surface area (Å²) in [6.45, 7) is 0. The average molecular weight is 360 g/mol. The molecule has 1 unspecified atom stereocenters. The molecule has 2 atom stereocenters. The molecule has 3 heterocycles. The molecule has 0 spiro atoms. The predicted octanol–water partition coefficient (Wildman–Crippen LogP) is 4.09. The SMILES string of the molecule is CN1C(=O)c2cccc(F)c2[C@@H]2CC1c1nc3cc(F)c(Cl)cc3n12. The van der Waals surface area contributed by atoms with E-state index in [4.69, 9.17) is 11.6 Å². The van der Waals surface area contributed by atoms with Crippen LogP contribution in [0.1, 0.15) is 40.3 Å². The average Bonchev–Trinajstić information content (AvgIpc) is 3.08. The van der Waals surface area contributed by atoms with Gasteiger partial charge < -0.3 is 9.47 Å². The van der Waals surface area contributed by atoms with Crippen molar-refractivity contribution in [2.45, 2.75) is 18.5 Å². The van der Waals surface area contributed by atoms with E-state index in [9.17, 15) is 13.6 Å². The lowest BCUT2D eigenvalue weighted by atomic mass is 9.98. The van der Waals surface area contributed by atoms with Gasteiger partial charge >= 0.3 is 0 Å². The van der Waals surface area contributed by atoms with E-state index in [0.717, 1.165) is 0 Å². The van der Waals surface area contributed by atoms with Crippen LogP contribution in [-0.4, -0.2) is 27.4 Å². The summed E-state index contributed by atoms with van der Waals surface area (Å²) in [6.07, 6.45) is 0.531. The van der Waals surface area contributed by atoms with Crippen molar-refractivity contribution >= 4 is 28.5 Å². The Kier molecular flexibility index (Phi) is 2.84. The van der Waals surface area contributed by atoms with Gasteiger partial charge in [-0.3, -0.25) is 4.79 Å². The van der Waals surface area contributed by atoms with Gasteiger partial charge in [-0.2, -0.15) is 0 Å². The first-order chi connectivity index (χ1) is 12.0. The fraction of sp³-hybridized carbons (Fsp3) is 0.222. The first-order valence-electron chi connectivity index (χ1n) is 7.90. The molecule has 25 heavy (non-hydrogen) atoms. The van der Waals surface area contributed by atoms with Crippen LogP contribution in [-0.2, 0) is 0 Å². The molecule has 0 radical (unpaired) electrons. The van der Waals surface area contributed by atoms with E-state index in [2.05, 4.69) is 4.98 Å². The van der Waals surface area contributed by atoms with Crippen LogP contribution in [0.15, 0.2) is 30.3 Å². The van der Waals surface area contributed by atoms with E-state index in [1.54, 1.807) is 18.0 Å². The molecule has 2 bridgehead atoms. The van der Waals surface area contributed by atoms with Gasteiger partial charge in [0.2, 0.25) is 0 Å². The number of hydrogen-bond acceptors (Lipinski definition) is 2. The van der Waals surface area contributed by atoms with Crippen LogP contribution >= 0.6 is 11.6 Å². The smallest absolute Gasteiger partial charge is 0.254 e. The first-order valence-corrected chi connectivity index (χ1v) is 8.27. The Morgan fingerprint density at radius 3 is 2.80 bits per heavy atom. The molecule has 3 aromatic rings. The minimum Gasteiger partial charge on any atom is -0.331 e. The second-order valence-corrected chi connectivity index (χ2v) is 6.89. The van der Waals surface area contributed by atoms with E-state index < -0.39 is 11.6 Å². The quantitative estimate of drug-likeness (QED) is 0.606. The first kappa shape index (κ1) is 14.8. The van der Waals surface area contributed by atoms with Gasteiger partial charge in [-0.15, -0.1) is 0 Å². The number of fused-ring (bicyclic) bond motifs is 9. The molecule has 2 aliphatic heterocycles. The van der Waals surface area contributed by atoms with Crippen molar-refractivity contribution < 1.29 is 13.6 Å². The van der Waals surface area contributed by atoms with Gasteiger partial charge in [0, 0.05) is 30.7 Å². The zero-order valence-corrected chi connectivity index (χ0v) is 13.9. The number of carbonyl (C=O) groups excluding carboxylic acids is 1. The van der Waals surface area contributed by atoms with Crippen LogP contribution in [0.25, 0.3) is 11.0 Å². The maximum atomic E-state index is 14.7. The monoisotopic (exact) mass is 359 g/mol. The van der Waals surface area contributed by atoms with Gasteiger partial charge in [0.1, 0.15) is 17.5 Å². The van der Waals surface area contributed by atoms with Gasteiger partial charge in [0.25, 0.3) is 5.91 Å². The molecule has 2 aromatic carbocycles. The molecule has 0 N–H and O–H groups in total. The molecule has 7 heteroatoms. The van der Waals surface area contributed by atoms with Gasteiger partial charge in [-0.1, -0.05) is 17.7 Å². The fourth-order valence-electron chi connectivity index (χ4n) is 4.07. The molecule has 0 aliphatic carbocycles. The number of imidazole rings is 1. The minimum atomic E-state index is -0.551. The molecule has 1 aromatic heterocycles. The lowest BCUT2D eigenvalue weighted by Crippen LogP contribution is -2.30. The number of rotatable bonds is 0. The van der Waals surface area contributed by atoms with Crippen molar-refractivity contribution in [2.75, 3.05) is 7.05 Å². The van der Waals surface area contributed by atoms with E-state index in [1.807, 2.05) is 4.57 Å². The third kappa shape index (κ3) is 1.80. The predicted molar refractivity (Wildman–Crippen MR) is 88.7 cm³/mol. The summed E-state index contributed by atoms with van der Waals surface area (Å²) in [7, 11) is 1.69. The molecule has 0 saturated carbocycles. The maximum Gasteiger partial charge on any atom is 0.254 e. The normalized spacial score (nSPS) is 21.4. The highest BCUT2D eigenvalue weighted by molar-refractivity contribution is 6.31. The Bertz CT molecular complexity index is 1080. The number of aromatic nitrogens is 2. The maximum absolute atomic E-state index is 14.7. The summed E-state index contributed by atoms with van der Waals surface area (Å²) in [5, 5.41) is -0.00681. The van der Waals surface area contributed by atoms with Crippen molar-refractivity contribution in [3.63, 3.8) is 0 Å². The molecular formula is C18H12ClF2N3O. The van der Waals surface area contributed by atoms with Crippen molar-refractivity contribution in [1.82, 2.24) is 14.5 Å². The Hall–Kier alpha value is -2.47. The van der Waals surface area contributed by atoms with E-state index in [0.29, 0.717) is 34.4 Å².